The van der Waals surface area contributed by atoms with Crippen LogP contribution >= 0.6 is 0 Å². The van der Waals surface area contributed by atoms with E-state index in [4.69, 9.17) is 0 Å². The highest BCUT2D eigenvalue weighted by Crippen LogP contribution is 2.37. The predicted octanol–water partition coefficient (Wildman–Crippen LogP) is 2.99. The van der Waals surface area contributed by atoms with Gasteiger partial charge in [-0.2, -0.15) is 5.10 Å². The van der Waals surface area contributed by atoms with Crippen LogP contribution in [0.4, 0.5) is 0 Å². The van der Waals surface area contributed by atoms with E-state index in [1.165, 1.54) is 29.3 Å². The molecule has 14 heavy (non-hydrogen) atoms. The fraction of sp³-hybridized carbons (Fsp3) is 0.417. The highest BCUT2D eigenvalue weighted by Gasteiger charge is 2.26. The second-order valence-corrected chi connectivity index (χ2v) is 4.28. The molecule has 1 heterocycles. The van der Waals surface area contributed by atoms with Gasteiger partial charge in [-0.3, -0.25) is 4.68 Å². The van der Waals surface area contributed by atoms with Crippen molar-refractivity contribution in [3.05, 3.63) is 29.5 Å². The van der Waals surface area contributed by atoms with Crippen molar-refractivity contribution in [2.75, 3.05) is 0 Å². The Morgan fingerprint density at radius 1 is 1.29 bits per heavy atom. The molecule has 1 aromatic carbocycles. The quantitative estimate of drug-likeness (QED) is 0.669. The van der Waals surface area contributed by atoms with Gasteiger partial charge in [-0.05, 0) is 38.3 Å². The number of aryl methyl sites for hydroxylation is 2. The molecule has 0 spiro atoms. The third-order valence-corrected chi connectivity index (χ3v) is 2.94. The first-order valence-corrected chi connectivity index (χ1v) is 5.21. The summed E-state index contributed by atoms with van der Waals surface area (Å²) in [6, 6.07) is 7.27. The lowest BCUT2D eigenvalue weighted by Gasteiger charge is -2.00. The minimum atomic E-state index is 0.674. The number of nitrogens with zero attached hydrogens (tertiary/aromatic N) is 2. The monoisotopic (exact) mass is 186 g/mol. The van der Waals surface area contributed by atoms with Crippen LogP contribution in [0.5, 0.6) is 0 Å². The molecule has 1 aliphatic carbocycles. The molecule has 2 nitrogen and oxygen atoms in total. The van der Waals surface area contributed by atoms with Gasteiger partial charge in [0.1, 0.15) is 0 Å². The molecule has 1 fully saturated rings. The molecular formula is C12H14N2. The van der Waals surface area contributed by atoms with Gasteiger partial charge < -0.3 is 0 Å². The van der Waals surface area contributed by atoms with E-state index >= 15 is 0 Å². The lowest BCUT2D eigenvalue weighted by molar-refractivity contribution is 0.658. The van der Waals surface area contributed by atoms with Crippen LogP contribution in [0.1, 0.15) is 30.1 Å². The molecule has 0 radical (unpaired) electrons. The fourth-order valence-electron chi connectivity index (χ4n) is 2.00. The summed E-state index contributed by atoms with van der Waals surface area (Å²) in [6.45, 7) is 4.23. The first-order chi connectivity index (χ1) is 6.75. The third-order valence-electron chi connectivity index (χ3n) is 2.94. The molecule has 2 aromatic rings. The molecule has 2 heteroatoms. The maximum Gasteiger partial charge on any atom is 0.0691 e. The zero-order chi connectivity index (χ0) is 9.71. The molecular weight excluding hydrogens is 172 g/mol. The second-order valence-electron chi connectivity index (χ2n) is 4.28. The first kappa shape index (κ1) is 8.04. The van der Waals surface area contributed by atoms with Gasteiger partial charge in [-0.1, -0.05) is 12.1 Å². The molecule has 0 bridgehead atoms. The van der Waals surface area contributed by atoms with Crippen LogP contribution in [0.25, 0.3) is 10.9 Å². The molecule has 0 atom stereocenters. The number of benzene rings is 1. The lowest BCUT2D eigenvalue weighted by Crippen LogP contribution is -1.95. The molecule has 0 unspecified atom stereocenters. The summed E-state index contributed by atoms with van der Waals surface area (Å²) >= 11 is 0. The lowest BCUT2D eigenvalue weighted by atomic mass is 10.1. The standard InChI is InChI=1S/C12H14N2/c1-8-3-6-11-9(2)13-14(10-4-5-10)12(11)7-8/h3,6-7,10H,4-5H2,1-2H3. The van der Waals surface area contributed by atoms with E-state index in [2.05, 4.69) is 41.8 Å². The Morgan fingerprint density at radius 3 is 2.79 bits per heavy atom. The van der Waals surface area contributed by atoms with Crippen molar-refractivity contribution in [3.8, 4) is 0 Å². The molecule has 1 aliphatic rings. The summed E-state index contributed by atoms with van der Waals surface area (Å²) in [6.07, 6.45) is 2.59. The predicted molar refractivity (Wildman–Crippen MR) is 57.5 cm³/mol. The smallest absolute Gasteiger partial charge is 0.0691 e. The Morgan fingerprint density at radius 2 is 2.07 bits per heavy atom. The summed E-state index contributed by atoms with van der Waals surface area (Å²) in [5, 5.41) is 5.92. The summed E-state index contributed by atoms with van der Waals surface area (Å²) < 4.78 is 2.21. The minimum Gasteiger partial charge on any atom is -0.262 e. The van der Waals surface area contributed by atoms with Crippen molar-refractivity contribution in [2.45, 2.75) is 32.7 Å². The Kier molecular flexibility index (Phi) is 1.49. The van der Waals surface area contributed by atoms with Crippen LogP contribution in [0.15, 0.2) is 18.2 Å². The number of hydrogen-bond donors (Lipinski definition) is 0. The van der Waals surface area contributed by atoms with Gasteiger partial charge in [0.25, 0.3) is 0 Å². The topological polar surface area (TPSA) is 17.8 Å². The minimum absolute atomic E-state index is 0.674. The van der Waals surface area contributed by atoms with E-state index in [0.29, 0.717) is 6.04 Å². The third kappa shape index (κ3) is 1.07. The average molecular weight is 186 g/mol. The van der Waals surface area contributed by atoms with Crippen LogP contribution in [0, 0.1) is 13.8 Å². The van der Waals surface area contributed by atoms with Crippen molar-refractivity contribution < 1.29 is 0 Å². The van der Waals surface area contributed by atoms with Crippen molar-refractivity contribution >= 4 is 10.9 Å². The van der Waals surface area contributed by atoms with Crippen LogP contribution in [-0.2, 0) is 0 Å². The molecule has 1 saturated carbocycles. The van der Waals surface area contributed by atoms with Gasteiger partial charge in [0.2, 0.25) is 0 Å². The number of fused-ring (bicyclic) bond motifs is 1. The van der Waals surface area contributed by atoms with Gasteiger partial charge in [-0.25, -0.2) is 0 Å². The normalized spacial score (nSPS) is 16.4. The Hall–Kier alpha value is -1.31. The molecule has 72 valence electrons. The van der Waals surface area contributed by atoms with E-state index in [1.54, 1.807) is 0 Å². The average Bonchev–Trinajstić information content (AvgIpc) is 2.93. The summed E-state index contributed by atoms with van der Waals surface area (Å²) in [5.41, 5.74) is 3.79. The van der Waals surface area contributed by atoms with E-state index in [-0.39, 0.29) is 0 Å². The maximum absolute atomic E-state index is 4.61. The molecule has 0 aliphatic heterocycles. The summed E-state index contributed by atoms with van der Waals surface area (Å²) in [5.74, 6) is 0. The molecule has 1 aromatic heterocycles. The molecule has 0 amide bonds. The first-order valence-electron chi connectivity index (χ1n) is 5.21. The van der Waals surface area contributed by atoms with Crippen LogP contribution in [-0.4, -0.2) is 9.78 Å². The zero-order valence-electron chi connectivity index (χ0n) is 8.62. The van der Waals surface area contributed by atoms with Crippen molar-refractivity contribution in [1.82, 2.24) is 9.78 Å². The van der Waals surface area contributed by atoms with Crippen LogP contribution in [0.2, 0.25) is 0 Å². The van der Waals surface area contributed by atoms with Crippen LogP contribution in [0.3, 0.4) is 0 Å². The van der Waals surface area contributed by atoms with Gasteiger partial charge in [-0.15, -0.1) is 0 Å². The Balaban J connectivity index is 2.33. The molecule has 0 N–H and O–H groups in total. The van der Waals surface area contributed by atoms with E-state index in [9.17, 15) is 0 Å². The van der Waals surface area contributed by atoms with Gasteiger partial charge in [0.15, 0.2) is 0 Å². The number of aromatic nitrogens is 2. The van der Waals surface area contributed by atoms with Crippen molar-refractivity contribution in [3.63, 3.8) is 0 Å². The highest BCUT2D eigenvalue weighted by molar-refractivity contribution is 5.82. The van der Waals surface area contributed by atoms with E-state index < -0.39 is 0 Å². The molecule has 0 saturated heterocycles. The SMILES string of the molecule is Cc1ccc2c(C)nn(C3CC3)c2c1. The maximum atomic E-state index is 4.61. The van der Waals surface area contributed by atoms with Gasteiger partial charge in [0.05, 0.1) is 17.3 Å². The number of hydrogen-bond acceptors (Lipinski definition) is 1. The Labute approximate surface area is 83.5 Å². The number of rotatable bonds is 1. The van der Waals surface area contributed by atoms with E-state index in [0.717, 1.165) is 5.69 Å². The zero-order valence-corrected chi connectivity index (χ0v) is 8.62. The van der Waals surface area contributed by atoms with E-state index in [1.807, 2.05) is 0 Å². The summed E-state index contributed by atoms with van der Waals surface area (Å²) in [7, 11) is 0. The fourth-order valence-corrected chi connectivity index (χ4v) is 2.00. The molecule has 3 rings (SSSR count). The largest absolute Gasteiger partial charge is 0.262 e. The summed E-state index contributed by atoms with van der Waals surface area (Å²) in [4.78, 5) is 0. The van der Waals surface area contributed by atoms with Crippen molar-refractivity contribution in [2.24, 2.45) is 0 Å². The van der Waals surface area contributed by atoms with Crippen LogP contribution < -0.4 is 0 Å². The second kappa shape index (κ2) is 2.59. The van der Waals surface area contributed by atoms with Gasteiger partial charge >= 0.3 is 0 Å². The Bertz CT molecular complexity index is 492. The van der Waals surface area contributed by atoms with Gasteiger partial charge in [0, 0.05) is 5.39 Å². The van der Waals surface area contributed by atoms with Crippen molar-refractivity contribution in [1.29, 1.82) is 0 Å². The highest BCUT2D eigenvalue weighted by atomic mass is 15.3.